The molecule has 0 aromatic heterocycles. The molecule has 1 amide bonds. The summed E-state index contributed by atoms with van der Waals surface area (Å²) in [6.07, 6.45) is 0.450. The van der Waals surface area contributed by atoms with E-state index < -0.39 is 0 Å². The van der Waals surface area contributed by atoms with Gasteiger partial charge in [0.1, 0.15) is 12.4 Å². The van der Waals surface area contributed by atoms with E-state index in [1.165, 1.54) is 0 Å². The van der Waals surface area contributed by atoms with Gasteiger partial charge in [-0.2, -0.15) is 0 Å². The fraction of sp³-hybridized carbons (Fsp3) is 0.333. The van der Waals surface area contributed by atoms with Crippen LogP contribution in [0, 0.1) is 0 Å². The highest BCUT2D eigenvalue weighted by molar-refractivity contribution is 9.10. The molecule has 148 valence electrons. The number of para-hydroxylation sites is 1. The SMILES string of the molecule is CCNC(=NCC1CC(=O)Nc2ccccc21)NCCOc1cccc(Br)c1. The van der Waals surface area contributed by atoms with Crippen LogP contribution in [0.2, 0.25) is 0 Å². The molecule has 1 unspecified atom stereocenters. The number of aliphatic imine (C=N–C) groups is 1. The highest BCUT2D eigenvalue weighted by atomic mass is 79.9. The number of anilines is 1. The Morgan fingerprint density at radius 1 is 1.25 bits per heavy atom. The molecule has 3 rings (SSSR count). The third kappa shape index (κ3) is 5.73. The Morgan fingerprint density at radius 3 is 2.93 bits per heavy atom. The standard InChI is InChI=1S/C21H25BrN4O2/c1-2-23-21(24-10-11-28-17-7-5-6-16(22)13-17)25-14-15-12-20(27)26-19-9-4-3-8-18(15)19/h3-9,13,15H,2,10-12,14H2,1H3,(H,26,27)(H2,23,24,25). The van der Waals surface area contributed by atoms with E-state index in [2.05, 4.69) is 42.9 Å². The zero-order chi connectivity index (χ0) is 19.8. The molecule has 28 heavy (non-hydrogen) atoms. The number of halogens is 1. The molecule has 0 bridgehead atoms. The van der Waals surface area contributed by atoms with Crippen LogP contribution in [0.1, 0.15) is 24.8 Å². The summed E-state index contributed by atoms with van der Waals surface area (Å²) in [7, 11) is 0. The number of carbonyl (C=O) groups is 1. The van der Waals surface area contributed by atoms with Crippen LogP contribution in [0.5, 0.6) is 5.75 Å². The minimum Gasteiger partial charge on any atom is -0.492 e. The molecule has 2 aromatic carbocycles. The molecule has 7 heteroatoms. The molecular formula is C21H25BrN4O2. The molecular weight excluding hydrogens is 420 g/mol. The maximum Gasteiger partial charge on any atom is 0.225 e. The lowest BCUT2D eigenvalue weighted by Gasteiger charge is -2.24. The maximum absolute atomic E-state index is 12.0. The van der Waals surface area contributed by atoms with Gasteiger partial charge in [-0.05, 0) is 36.8 Å². The normalized spacial score (nSPS) is 16.1. The lowest BCUT2D eigenvalue weighted by Crippen LogP contribution is -2.39. The molecule has 0 aliphatic carbocycles. The fourth-order valence-electron chi connectivity index (χ4n) is 3.10. The summed E-state index contributed by atoms with van der Waals surface area (Å²) in [5.74, 6) is 1.67. The quantitative estimate of drug-likeness (QED) is 0.347. The van der Waals surface area contributed by atoms with Crippen molar-refractivity contribution in [3.8, 4) is 5.75 Å². The van der Waals surface area contributed by atoms with Gasteiger partial charge < -0.3 is 20.7 Å². The first kappa shape index (κ1) is 20.2. The van der Waals surface area contributed by atoms with E-state index in [9.17, 15) is 4.79 Å². The molecule has 1 aliphatic rings. The largest absolute Gasteiger partial charge is 0.492 e. The van der Waals surface area contributed by atoms with E-state index in [1.54, 1.807) is 0 Å². The van der Waals surface area contributed by atoms with Gasteiger partial charge in [-0.3, -0.25) is 9.79 Å². The second kappa shape index (κ2) is 10.1. The van der Waals surface area contributed by atoms with Gasteiger partial charge in [-0.25, -0.2) is 0 Å². The van der Waals surface area contributed by atoms with E-state index >= 15 is 0 Å². The summed E-state index contributed by atoms with van der Waals surface area (Å²) in [6, 6.07) is 15.7. The Labute approximate surface area is 173 Å². The molecule has 2 aromatic rings. The van der Waals surface area contributed by atoms with Crippen LogP contribution in [0.15, 0.2) is 58.0 Å². The Bertz CT molecular complexity index is 841. The molecule has 0 saturated carbocycles. The summed E-state index contributed by atoms with van der Waals surface area (Å²) in [5, 5.41) is 9.45. The van der Waals surface area contributed by atoms with Gasteiger partial charge in [-0.1, -0.05) is 40.2 Å². The van der Waals surface area contributed by atoms with Crippen molar-refractivity contribution >= 4 is 33.5 Å². The van der Waals surface area contributed by atoms with Crippen molar-refractivity contribution in [2.24, 2.45) is 4.99 Å². The maximum atomic E-state index is 12.0. The first-order valence-corrected chi connectivity index (χ1v) is 10.2. The summed E-state index contributed by atoms with van der Waals surface area (Å²) in [6.45, 7) is 4.49. The average Bonchev–Trinajstić information content (AvgIpc) is 2.69. The third-order valence-electron chi connectivity index (χ3n) is 4.38. The smallest absolute Gasteiger partial charge is 0.225 e. The molecule has 0 fully saturated rings. The molecule has 1 heterocycles. The lowest BCUT2D eigenvalue weighted by molar-refractivity contribution is -0.116. The molecule has 0 spiro atoms. The minimum atomic E-state index is 0.0410. The van der Waals surface area contributed by atoms with Gasteiger partial charge in [0.25, 0.3) is 0 Å². The van der Waals surface area contributed by atoms with E-state index in [4.69, 9.17) is 4.74 Å². The minimum absolute atomic E-state index is 0.0410. The number of nitrogens with one attached hydrogen (secondary N) is 3. The predicted molar refractivity (Wildman–Crippen MR) is 116 cm³/mol. The second-order valence-electron chi connectivity index (χ2n) is 6.49. The Morgan fingerprint density at radius 2 is 2.11 bits per heavy atom. The van der Waals surface area contributed by atoms with Crippen molar-refractivity contribution in [3.63, 3.8) is 0 Å². The van der Waals surface area contributed by atoms with Crippen molar-refractivity contribution in [2.45, 2.75) is 19.3 Å². The zero-order valence-corrected chi connectivity index (χ0v) is 17.5. The number of fused-ring (bicyclic) bond motifs is 1. The third-order valence-corrected chi connectivity index (χ3v) is 4.87. The van der Waals surface area contributed by atoms with Crippen LogP contribution in [0.4, 0.5) is 5.69 Å². The van der Waals surface area contributed by atoms with Crippen molar-refractivity contribution < 1.29 is 9.53 Å². The Kier molecular flexibility index (Phi) is 7.31. The first-order valence-electron chi connectivity index (χ1n) is 9.45. The Balaban J connectivity index is 1.55. The zero-order valence-electron chi connectivity index (χ0n) is 15.9. The fourth-order valence-corrected chi connectivity index (χ4v) is 3.48. The van der Waals surface area contributed by atoms with Gasteiger partial charge in [0.15, 0.2) is 5.96 Å². The number of amides is 1. The van der Waals surface area contributed by atoms with Crippen LogP contribution < -0.4 is 20.7 Å². The van der Waals surface area contributed by atoms with Crippen LogP contribution in [-0.4, -0.2) is 38.1 Å². The molecule has 6 nitrogen and oxygen atoms in total. The molecule has 0 radical (unpaired) electrons. The van der Waals surface area contributed by atoms with Crippen LogP contribution >= 0.6 is 15.9 Å². The van der Waals surface area contributed by atoms with Crippen molar-refractivity contribution in [3.05, 3.63) is 58.6 Å². The average molecular weight is 445 g/mol. The number of hydrogen-bond donors (Lipinski definition) is 3. The number of ether oxygens (including phenoxy) is 1. The van der Waals surface area contributed by atoms with Gasteiger partial charge in [0, 0.05) is 29.0 Å². The number of benzene rings is 2. The topological polar surface area (TPSA) is 74.8 Å². The summed E-state index contributed by atoms with van der Waals surface area (Å²) >= 11 is 3.44. The summed E-state index contributed by atoms with van der Waals surface area (Å²) in [4.78, 5) is 16.6. The van der Waals surface area contributed by atoms with Crippen molar-refractivity contribution in [2.75, 3.05) is 31.6 Å². The number of carbonyl (C=O) groups excluding carboxylic acids is 1. The monoisotopic (exact) mass is 444 g/mol. The lowest BCUT2D eigenvalue weighted by atomic mass is 9.91. The number of guanidine groups is 1. The number of hydrogen-bond acceptors (Lipinski definition) is 3. The highest BCUT2D eigenvalue weighted by Gasteiger charge is 2.24. The number of nitrogens with zero attached hydrogens (tertiary/aromatic N) is 1. The van der Waals surface area contributed by atoms with Crippen LogP contribution in [0.25, 0.3) is 0 Å². The van der Waals surface area contributed by atoms with E-state index in [1.807, 2.05) is 49.4 Å². The summed E-state index contributed by atoms with van der Waals surface area (Å²) < 4.78 is 6.73. The van der Waals surface area contributed by atoms with Crippen molar-refractivity contribution in [1.29, 1.82) is 0 Å². The molecule has 1 atom stereocenters. The van der Waals surface area contributed by atoms with Gasteiger partial charge in [0.05, 0.1) is 13.1 Å². The highest BCUT2D eigenvalue weighted by Crippen LogP contribution is 2.31. The van der Waals surface area contributed by atoms with Crippen molar-refractivity contribution in [1.82, 2.24) is 10.6 Å². The van der Waals surface area contributed by atoms with E-state index in [0.717, 1.165) is 34.0 Å². The Hall–Kier alpha value is -2.54. The first-order chi connectivity index (χ1) is 13.7. The molecule has 0 saturated heterocycles. The molecule has 3 N–H and O–H groups in total. The van der Waals surface area contributed by atoms with Gasteiger partial charge >= 0.3 is 0 Å². The second-order valence-corrected chi connectivity index (χ2v) is 7.40. The number of rotatable bonds is 7. The molecule has 1 aliphatic heterocycles. The summed E-state index contributed by atoms with van der Waals surface area (Å²) in [5.41, 5.74) is 2.03. The van der Waals surface area contributed by atoms with Gasteiger partial charge in [-0.15, -0.1) is 0 Å². The van der Waals surface area contributed by atoms with Crippen LogP contribution in [-0.2, 0) is 4.79 Å². The van der Waals surface area contributed by atoms with E-state index in [0.29, 0.717) is 26.1 Å². The van der Waals surface area contributed by atoms with Gasteiger partial charge in [0.2, 0.25) is 5.91 Å². The van der Waals surface area contributed by atoms with E-state index in [-0.39, 0.29) is 11.8 Å². The predicted octanol–water partition coefficient (Wildman–Crippen LogP) is 3.51. The van der Waals surface area contributed by atoms with Crippen LogP contribution in [0.3, 0.4) is 0 Å².